The van der Waals surface area contributed by atoms with Gasteiger partial charge in [0.05, 0.1) is 0 Å². The summed E-state index contributed by atoms with van der Waals surface area (Å²) in [5, 5.41) is 0. The van der Waals surface area contributed by atoms with E-state index in [0.29, 0.717) is 11.5 Å². The fourth-order valence-electron chi connectivity index (χ4n) is 4.86. The van der Waals surface area contributed by atoms with Gasteiger partial charge in [-0.3, -0.25) is 9.69 Å². The summed E-state index contributed by atoms with van der Waals surface area (Å²) in [4.78, 5) is 17.3. The first-order chi connectivity index (χ1) is 13.0. The Bertz CT molecular complexity index is 828. The summed E-state index contributed by atoms with van der Waals surface area (Å²) in [5.41, 5.74) is 2.92. The Hall–Kier alpha value is -2.20. The number of likely N-dealkylation sites (tertiary alicyclic amines) is 2. The lowest BCUT2D eigenvalue weighted by molar-refractivity contribution is 0.0491. The molecular formula is C23H27FN2O. The van der Waals surface area contributed by atoms with Crippen molar-refractivity contribution < 1.29 is 9.18 Å². The van der Waals surface area contributed by atoms with E-state index in [1.54, 1.807) is 6.07 Å². The van der Waals surface area contributed by atoms with E-state index in [1.165, 1.54) is 17.7 Å². The first-order valence-corrected chi connectivity index (χ1v) is 9.80. The molecule has 27 heavy (non-hydrogen) atoms. The minimum absolute atomic E-state index is 0.0397. The highest BCUT2D eigenvalue weighted by molar-refractivity contribution is 5.95. The molecule has 2 aromatic rings. The van der Waals surface area contributed by atoms with E-state index >= 15 is 0 Å². The number of nitrogens with zero attached hydrogens (tertiary/aromatic N) is 2. The van der Waals surface area contributed by atoms with Gasteiger partial charge in [-0.15, -0.1) is 0 Å². The molecule has 0 unspecified atom stereocenters. The number of rotatable bonds is 2. The van der Waals surface area contributed by atoms with Crippen LogP contribution in [-0.2, 0) is 0 Å². The van der Waals surface area contributed by atoms with Crippen LogP contribution in [0.3, 0.4) is 0 Å². The second-order valence-corrected chi connectivity index (χ2v) is 8.17. The quantitative estimate of drug-likeness (QED) is 0.794. The molecule has 1 atom stereocenters. The van der Waals surface area contributed by atoms with Crippen LogP contribution in [0, 0.1) is 12.7 Å². The summed E-state index contributed by atoms with van der Waals surface area (Å²) < 4.78 is 13.6. The van der Waals surface area contributed by atoms with Crippen LogP contribution in [0.5, 0.6) is 0 Å². The van der Waals surface area contributed by atoms with Gasteiger partial charge in [-0.25, -0.2) is 4.39 Å². The number of hydrogen-bond donors (Lipinski definition) is 0. The molecule has 2 saturated heterocycles. The molecule has 0 aromatic heterocycles. The molecule has 4 heteroatoms. The predicted octanol–water partition coefficient (Wildman–Crippen LogP) is 4.23. The van der Waals surface area contributed by atoms with E-state index < -0.39 is 0 Å². The third-order valence-electron chi connectivity index (χ3n) is 6.61. The molecule has 2 heterocycles. The summed E-state index contributed by atoms with van der Waals surface area (Å²) in [6, 6.07) is 15.2. The van der Waals surface area contributed by atoms with E-state index in [2.05, 4.69) is 42.3 Å². The van der Waals surface area contributed by atoms with Gasteiger partial charge in [0.2, 0.25) is 0 Å². The maximum absolute atomic E-state index is 13.6. The molecule has 4 rings (SSSR count). The topological polar surface area (TPSA) is 23.6 Å². The third-order valence-corrected chi connectivity index (χ3v) is 6.61. The number of benzene rings is 2. The molecular weight excluding hydrogens is 339 g/mol. The average molecular weight is 366 g/mol. The van der Waals surface area contributed by atoms with Crippen molar-refractivity contribution >= 4 is 5.91 Å². The van der Waals surface area contributed by atoms with Gasteiger partial charge in [-0.1, -0.05) is 36.4 Å². The van der Waals surface area contributed by atoms with Crippen LogP contribution in [0.2, 0.25) is 0 Å². The first-order valence-electron chi connectivity index (χ1n) is 9.80. The molecule has 3 nitrogen and oxygen atoms in total. The van der Waals surface area contributed by atoms with Gasteiger partial charge < -0.3 is 4.90 Å². The van der Waals surface area contributed by atoms with E-state index in [-0.39, 0.29) is 17.3 Å². The Labute approximate surface area is 160 Å². The lowest BCUT2D eigenvalue weighted by Crippen LogP contribution is -2.52. The molecule has 2 aliphatic heterocycles. The highest BCUT2D eigenvalue weighted by atomic mass is 19.1. The number of carbonyl (C=O) groups is 1. The fourth-order valence-corrected chi connectivity index (χ4v) is 4.86. The summed E-state index contributed by atoms with van der Waals surface area (Å²) in [7, 11) is 2.22. The molecule has 2 aromatic carbocycles. The zero-order valence-electron chi connectivity index (χ0n) is 16.1. The lowest BCUT2D eigenvalue weighted by atomic mass is 9.81. The van der Waals surface area contributed by atoms with Crippen molar-refractivity contribution in [2.45, 2.75) is 37.6 Å². The van der Waals surface area contributed by atoms with Gasteiger partial charge in [0.25, 0.3) is 5.91 Å². The molecule has 0 saturated carbocycles. The fraction of sp³-hybridized carbons (Fsp3) is 0.435. The zero-order chi connectivity index (χ0) is 19.0. The number of halogens is 1. The van der Waals surface area contributed by atoms with Crippen molar-refractivity contribution in [2.75, 3.05) is 26.7 Å². The number of likely N-dealkylation sites (N-methyl/N-ethyl adjacent to an activating group) is 1. The standard InChI is InChI=1S/C23H27FN2O/c1-17-8-9-20(24)14-21(17)22(27)26-12-10-23(11-13-26)15-19(16-25(23)2)18-6-4-3-5-7-18/h3-9,14,19H,10-13,15-16H2,1-2H3/t19-/m0/s1. The van der Waals surface area contributed by atoms with E-state index in [4.69, 9.17) is 0 Å². The number of piperidine rings is 1. The number of aryl methyl sites for hydroxylation is 1. The molecule has 0 bridgehead atoms. The van der Waals surface area contributed by atoms with Gasteiger partial charge in [0.1, 0.15) is 5.82 Å². The highest BCUT2D eigenvalue weighted by Crippen LogP contribution is 2.44. The van der Waals surface area contributed by atoms with Crippen LogP contribution in [0.4, 0.5) is 4.39 Å². The Kier molecular flexibility index (Phi) is 4.77. The molecule has 2 aliphatic rings. The van der Waals surface area contributed by atoms with Gasteiger partial charge in [-0.2, -0.15) is 0 Å². The van der Waals surface area contributed by atoms with Gasteiger partial charge >= 0.3 is 0 Å². The Balaban J connectivity index is 1.45. The smallest absolute Gasteiger partial charge is 0.254 e. The molecule has 0 N–H and O–H groups in total. The first kappa shape index (κ1) is 18.2. The summed E-state index contributed by atoms with van der Waals surface area (Å²) >= 11 is 0. The maximum atomic E-state index is 13.6. The molecule has 2 fully saturated rings. The second kappa shape index (κ2) is 7.08. The summed E-state index contributed by atoms with van der Waals surface area (Å²) in [6.45, 7) is 4.41. The second-order valence-electron chi connectivity index (χ2n) is 8.17. The van der Waals surface area contributed by atoms with Crippen LogP contribution >= 0.6 is 0 Å². The number of carbonyl (C=O) groups excluding carboxylic acids is 1. The zero-order valence-corrected chi connectivity index (χ0v) is 16.1. The minimum atomic E-state index is -0.348. The van der Waals surface area contributed by atoms with E-state index in [9.17, 15) is 9.18 Å². The monoisotopic (exact) mass is 366 g/mol. The Morgan fingerprint density at radius 2 is 1.81 bits per heavy atom. The summed E-state index contributed by atoms with van der Waals surface area (Å²) in [5.74, 6) is 0.171. The van der Waals surface area contributed by atoms with Crippen LogP contribution in [0.1, 0.15) is 46.7 Å². The van der Waals surface area contributed by atoms with Gasteiger partial charge in [0.15, 0.2) is 0 Å². The number of hydrogen-bond acceptors (Lipinski definition) is 2. The Morgan fingerprint density at radius 1 is 1.11 bits per heavy atom. The van der Waals surface area contributed by atoms with Gasteiger partial charge in [-0.05, 0) is 62.4 Å². The van der Waals surface area contributed by atoms with Crippen molar-refractivity contribution in [3.63, 3.8) is 0 Å². The van der Waals surface area contributed by atoms with Crippen LogP contribution < -0.4 is 0 Å². The van der Waals surface area contributed by atoms with Crippen LogP contribution in [0.25, 0.3) is 0 Å². The molecule has 1 spiro atoms. The predicted molar refractivity (Wildman–Crippen MR) is 105 cm³/mol. The van der Waals surface area contributed by atoms with Crippen molar-refractivity contribution in [1.29, 1.82) is 0 Å². The van der Waals surface area contributed by atoms with Crippen molar-refractivity contribution in [3.8, 4) is 0 Å². The minimum Gasteiger partial charge on any atom is -0.338 e. The van der Waals surface area contributed by atoms with Gasteiger partial charge in [0, 0.05) is 30.7 Å². The average Bonchev–Trinajstić information content (AvgIpc) is 3.00. The molecule has 0 radical (unpaired) electrons. The van der Waals surface area contributed by atoms with E-state index in [1.807, 2.05) is 11.8 Å². The number of amides is 1. The third kappa shape index (κ3) is 3.39. The molecule has 1 amide bonds. The van der Waals surface area contributed by atoms with E-state index in [0.717, 1.165) is 44.5 Å². The summed E-state index contributed by atoms with van der Waals surface area (Å²) in [6.07, 6.45) is 3.11. The van der Waals surface area contributed by atoms with Crippen LogP contribution in [-0.4, -0.2) is 47.9 Å². The highest BCUT2D eigenvalue weighted by Gasteiger charge is 2.46. The normalized spacial score (nSPS) is 22.3. The SMILES string of the molecule is Cc1ccc(F)cc1C(=O)N1CCC2(CC1)C[C@H](c1ccccc1)CN2C. The Morgan fingerprint density at radius 3 is 2.52 bits per heavy atom. The lowest BCUT2D eigenvalue weighted by Gasteiger charge is -2.43. The van der Waals surface area contributed by atoms with Crippen molar-refractivity contribution in [3.05, 3.63) is 71.0 Å². The molecule has 0 aliphatic carbocycles. The molecule has 142 valence electrons. The van der Waals surface area contributed by atoms with Crippen molar-refractivity contribution in [2.24, 2.45) is 0 Å². The maximum Gasteiger partial charge on any atom is 0.254 e. The van der Waals surface area contributed by atoms with Crippen LogP contribution in [0.15, 0.2) is 48.5 Å². The largest absolute Gasteiger partial charge is 0.338 e. The van der Waals surface area contributed by atoms with Crippen molar-refractivity contribution in [1.82, 2.24) is 9.80 Å².